The molecule has 1 unspecified atom stereocenters. The van der Waals surface area contributed by atoms with Gasteiger partial charge >= 0.3 is 0 Å². The smallest absolute Gasteiger partial charge is 0.282 e. The van der Waals surface area contributed by atoms with Crippen LogP contribution in [0.25, 0.3) is 0 Å². The van der Waals surface area contributed by atoms with Gasteiger partial charge < -0.3 is 9.47 Å². The van der Waals surface area contributed by atoms with Gasteiger partial charge in [-0.15, -0.1) is 0 Å². The highest BCUT2D eigenvalue weighted by Crippen LogP contribution is 2.29. The molecule has 0 aromatic heterocycles. The average Bonchev–Trinajstić information content (AvgIpc) is 2.75. The van der Waals surface area contributed by atoms with Gasteiger partial charge in [0, 0.05) is 5.75 Å². The van der Waals surface area contributed by atoms with Gasteiger partial charge in [0.25, 0.3) is 6.20 Å². The van der Waals surface area contributed by atoms with Crippen molar-refractivity contribution in [2.24, 2.45) is 0 Å². The van der Waals surface area contributed by atoms with Crippen LogP contribution in [0.3, 0.4) is 0 Å². The molecule has 1 fully saturated rings. The van der Waals surface area contributed by atoms with Crippen LogP contribution in [0.2, 0.25) is 0 Å². The molecule has 1 heterocycles. The molecule has 5 nitrogen and oxygen atoms in total. The molecule has 1 aliphatic heterocycles. The summed E-state index contributed by atoms with van der Waals surface area (Å²) in [6, 6.07) is 9.40. The van der Waals surface area contributed by atoms with Crippen molar-refractivity contribution < 1.29 is 14.4 Å². The summed E-state index contributed by atoms with van der Waals surface area (Å²) in [6.45, 7) is 0.395. The first-order chi connectivity index (χ1) is 8.24. The summed E-state index contributed by atoms with van der Waals surface area (Å²) in [7, 11) is 0. The molecule has 0 amide bonds. The summed E-state index contributed by atoms with van der Waals surface area (Å²) < 4.78 is 10.9. The predicted octanol–water partition coefficient (Wildman–Crippen LogP) is 2.27. The molecule has 0 aliphatic carbocycles. The van der Waals surface area contributed by atoms with Crippen LogP contribution in [-0.2, 0) is 4.74 Å². The van der Waals surface area contributed by atoms with E-state index in [1.54, 1.807) is 0 Å². The maximum atomic E-state index is 10.2. The Kier molecular flexibility index (Phi) is 3.87. The fourth-order valence-electron chi connectivity index (χ4n) is 1.35. The van der Waals surface area contributed by atoms with Crippen molar-refractivity contribution in [2.45, 2.75) is 6.10 Å². The van der Waals surface area contributed by atoms with Gasteiger partial charge in [0.15, 0.2) is 0 Å². The molecule has 1 saturated heterocycles. The maximum absolute atomic E-state index is 10.2. The number of benzene rings is 1. The Morgan fingerprint density at radius 1 is 1.53 bits per heavy atom. The highest BCUT2D eigenvalue weighted by Gasteiger charge is 2.24. The van der Waals surface area contributed by atoms with Gasteiger partial charge in [-0.2, -0.15) is 0 Å². The molecule has 1 aromatic carbocycles. The minimum Gasteiger partial charge on any atom is -0.490 e. The summed E-state index contributed by atoms with van der Waals surface area (Å²) in [6.07, 6.45) is 0.749. The molecule has 2 rings (SSSR count). The third kappa shape index (κ3) is 3.67. The summed E-state index contributed by atoms with van der Waals surface area (Å²) in [5, 5.41) is 10.6. The quantitative estimate of drug-likeness (QED) is 0.608. The van der Waals surface area contributed by atoms with Gasteiger partial charge in [-0.1, -0.05) is 30.0 Å². The highest BCUT2D eigenvalue weighted by atomic mass is 32.2. The Morgan fingerprint density at radius 3 is 3.00 bits per heavy atom. The van der Waals surface area contributed by atoms with E-state index in [0.717, 1.165) is 11.9 Å². The predicted molar refractivity (Wildman–Crippen MR) is 64.3 cm³/mol. The molecule has 17 heavy (non-hydrogen) atoms. The van der Waals surface area contributed by atoms with Crippen molar-refractivity contribution in [3.05, 3.63) is 51.7 Å². The second-order valence-electron chi connectivity index (χ2n) is 3.41. The average molecular weight is 253 g/mol. The SMILES string of the molecule is O=[N+]([O-])/C=C1/OC(COc2ccccc2)CS1. The molecule has 90 valence electrons. The monoisotopic (exact) mass is 253 g/mol. The Hall–Kier alpha value is -1.69. The van der Waals surface area contributed by atoms with Crippen LogP contribution in [-0.4, -0.2) is 23.4 Å². The molecule has 1 aromatic rings. The lowest BCUT2D eigenvalue weighted by Crippen LogP contribution is -2.18. The van der Waals surface area contributed by atoms with Gasteiger partial charge in [0.1, 0.15) is 18.5 Å². The minimum absolute atomic E-state index is 0.133. The van der Waals surface area contributed by atoms with E-state index in [1.165, 1.54) is 11.8 Å². The molecular formula is C11H11NO4S. The van der Waals surface area contributed by atoms with Crippen LogP contribution in [0.4, 0.5) is 0 Å². The molecule has 0 spiro atoms. The van der Waals surface area contributed by atoms with Crippen molar-refractivity contribution in [1.29, 1.82) is 0 Å². The molecule has 0 bridgehead atoms. The van der Waals surface area contributed by atoms with E-state index in [0.29, 0.717) is 17.5 Å². The van der Waals surface area contributed by atoms with E-state index in [4.69, 9.17) is 9.47 Å². The number of nitrogens with zero attached hydrogens (tertiary/aromatic N) is 1. The first kappa shape index (κ1) is 11.8. The van der Waals surface area contributed by atoms with Gasteiger partial charge in [-0.05, 0) is 12.1 Å². The fourth-order valence-corrected chi connectivity index (χ4v) is 2.23. The lowest BCUT2D eigenvalue weighted by molar-refractivity contribution is -0.404. The molecule has 1 aliphatic rings. The number of para-hydroxylation sites is 1. The summed E-state index contributed by atoms with van der Waals surface area (Å²) in [4.78, 5) is 9.73. The van der Waals surface area contributed by atoms with E-state index in [9.17, 15) is 10.1 Å². The molecule has 0 saturated carbocycles. The van der Waals surface area contributed by atoms with E-state index in [-0.39, 0.29) is 6.10 Å². The van der Waals surface area contributed by atoms with E-state index < -0.39 is 4.92 Å². The van der Waals surface area contributed by atoms with Crippen LogP contribution in [0, 0.1) is 10.1 Å². The topological polar surface area (TPSA) is 61.6 Å². The van der Waals surface area contributed by atoms with Crippen LogP contribution in [0.5, 0.6) is 5.75 Å². The Morgan fingerprint density at radius 2 is 2.29 bits per heavy atom. The first-order valence-electron chi connectivity index (χ1n) is 5.06. The van der Waals surface area contributed by atoms with E-state index in [2.05, 4.69) is 0 Å². The number of hydrogen-bond acceptors (Lipinski definition) is 5. The van der Waals surface area contributed by atoms with Crippen molar-refractivity contribution >= 4 is 11.8 Å². The van der Waals surface area contributed by atoms with E-state index >= 15 is 0 Å². The highest BCUT2D eigenvalue weighted by molar-refractivity contribution is 8.03. The Balaban J connectivity index is 1.81. The standard InChI is InChI=1S/C11H11NO4S/c13-12(14)6-11-16-10(8-17-11)7-15-9-4-2-1-3-5-9/h1-6,10H,7-8H2/b11-6-. The van der Waals surface area contributed by atoms with Gasteiger partial charge in [-0.3, -0.25) is 10.1 Å². The van der Waals surface area contributed by atoms with E-state index in [1.807, 2.05) is 30.3 Å². The van der Waals surface area contributed by atoms with Gasteiger partial charge in [0.2, 0.25) is 5.09 Å². The fraction of sp³-hybridized carbons (Fsp3) is 0.273. The minimum atomic E-state index is -0.511. The lowest BCUT2D eigenvalue weighted by atomic mass is 10.3. The number of thioether (sulfide) groups is 1. The zero-order valence-corrected chi connectivity index (χ0v) is 9.76. The summed E-state index contributed by atoms with van der Waals surface area (Å²) in [5.41, 5.74) is 0. The largest absolute Gasteiger partial charge is 0.490 e. The number of rotatable bonds is 4. The Bertz CT molecular complexity index is 421. The third-order valence-corrected chi connectivity index (χ3v) is 3.11. The Labute approximate surface area is 103 Å². The second kappa shape index (κ2) is 5.58. The van der Waals surface area contributed by atoms with Crippen LogP contribution in [0.15, 0.2) is 41.6 Å². The third-order valence-electron chi connectivity index (χ3n) is 2.08. The van der Waals surface area contributed by atoms with Gasteiger partial charge in [-0.25, -0.2) is 0 Å². The van der Waals surface area contributed by atoms with Gasteiger partial charge in [0.05, 0.1) is 4.92 Å². The molecule has 6 heteroatoms. The summed E-state index contributed by atoms with van der Waals surface area (Å²) in [5.74, 6) is 1.44. The first-order valence-corrected chi connectivity index (χ1v) is 6.05. The lowest BCUT2D eigenvalue weighted by Gasteiger charge is -2.10. The zero-order chi connectivity index (χ0) is 12.1. The van der Waals surface area contributed by atoms with Crippen molar-refractivity contribution in [3.63, 3.8) is 0 Å². The molecular weight excluding hydrogens is 242 g/mol. The molecule has 1 atom stereocenters. The second-order valence-corrected chi connectivity index (χ2v) is 4.43. The number of ether oxygens (including phenoxy) is 2. The van der Waals surface area contributed by atoms with Crippen LogP contribution in [0.1, 0.15) is 0 Å². The maximum Gasteiger partial charge on any atom is 0.282 e. The van der Waals surface area contributed by atoms with Crippen molar-refractivity contribution in [3.8, 4) is 5.75 Å². The summed E-state index contributed by atoms with van der Waals surface area (Å²) >= 11 is 1.33. The number of hydrogen-bond donors (Lipinski definition) is 0. The zero-order valence-electron chi connectivity index (χ0n) is 8.94. The normalized spacial score (nSPS) is 21.2. The molecule has 0 N–H and O–H groups in total. The van der Waals surface area contributed by atoms with Crippen LogP contribution >= 0.6 is 11.8 Å². The molecule has 0 radical (unpaired) electrons. The van der Waals surface area contributed by atoms with Crippen molar-refractivity contribution in [1.82, 2.24) is 0 Å². The number of nitro groups is 1. The van der Waals surface area contributed by atoms with Crippen LogP contribution < -0.4 is 4.74 Å². The van der Waals surface area contributed by atoms with Crippen molar-refractivity contribution in [2.75, 3.05) is 12.4 Å².